The van der Waals surface area contributed by atoms with Crippen molar-refractivity contribution in [3.63, 3.8) is 0 Å². The fraction of sp³-hybridized carbons (Fsp3) is 0.600. The maximum absolute atomic E-state index is 11.6. The van der Waals surface area contributed by atoms with Crippen LogP contribution in [0.3, 0.4) is 0 Å². The number of ether oxygens (including phenoxy) is 1. The predicted molar refractivity (Wildman–Crippen MR) is 59.6 cm³/mol. The lowest BCUT2D eigenvalue weighted by Crippen LogP contribution is -2.30. The van der Waals surface area contributed by atoms with E-state index in [4.69, 9.17) is 10.5 Å². The average Bonchev–Trinajstić information content (AvgIpc) is 2.64. The molecular weight excluding hydrogens is 208 g/mol. The predicted octanol–water partition coefficient (Wildman–Crippen LogP) is -0.646. The van der Waals surface area contributed by atoms with E-state index in [1.54, 1.807) is 22.8 Å². The van der Waals surface area contributed by atoms with Crippen LogP contribution in [0, 0.1) is 0 Å². The molecule has 0 aromatic carbocycles. The Morgan fingerprint density at radius 2 is 2.44 bits per heavy atom. The minimum absolute atomic E-state index is 0.0581. The zero-order valence-electron chi connectivity index (χ0n) is 9.72. The SMILES string of the molecule is CN(Cc1cnn(C)c1)C(=O)COCCN. The molecule has 2 N–H and O–H groups in total. The lowest BCUT2D eigenvalue weighted by molar-refractivity contribution is -0.135. The molecule has 1 aromatic rings. The van der Waals surface area contributed by atoms with Gasteiger partial charge in [0.2, 0.25) is 5.91 Å². The smallest absolute Gasteiger partial charge is 0.248 e. The highest BCUT2D eigenvalue weighted by atomic mass is 16.5. The monoisotopic (exact) mass is 226 g/mol. The zero-order valence-corrected chi connectivity index (χ0v) is 9.72. The molecule has 0 saturated heterocycles. The molecule has 1 aromatic heterocycles. The molecule has 0 radical (unpaired) electrons. The Morgan fingerprint density at radius 1 is 1.69 bits per heavy atom. The molecule has 6 heteroatoms. The van der Waals surface area contributed by atoms with Crippen molar-refractivity contribution >= 4 is 5.91 Å². The molecule has 1 amide bonds. The Hall–Kier alpha value is -1.40. The first kappa shape index (κ1) is 12.7. The Kier molecular flexibility index (Phi) is 4.94. The number of likely N-dealkylation sites (N-methyl/N-ethyl adjacent to an activating group) is 1. The third kappa shape index (κ3) is 4.00. The van der Waals surface area contributed by atoms with Gasteiger partial charge in [-0.15, -0.1) is 0 Å². The van der Waals surface area contributed by atoms with E-state index in [1.807, 2.05) is 13.2 Å². The van der Waals surface area contributed by atoms with Crippen LogP contribution >= 0.6 is 0 Å². The molecule has 0 aliphatic heterocycles. The van der Waals surface area contributed by atoms with E-state index in [2.05, 4.69) is 5.10 Å². The quantitative estimate of drug-likeness (QED) is 0.654. The molecule has 0 spiro atoms. The van der Waals surface area contributed by atoms with Crippen molar-refractivity contribution in [3.05, 3.63) is 18.0 Å². The van der Waals surface area contributed by atoms with Crippen LogP contribution in [0.5, 0.6) is 0 Å². The molecule has 0 atom stereocenters. The summed E-state index contributed by atoms with van der Waals surface area (Å²) in [5.41, 5.74) is 6.25. The summed E-state index contributed by atoms with van der Waals surface area (Å²) in [5.74, 6) is -0.0581. The van der Waals surface area contributed by atoms with Crippen molar-refractivity contribution in [1.82, 2.24) is 14.7 Å². The first-order valence-electron chi connectivity index (χ1n) is 5.12. The Morgan fingerprint density at radius 3 is 3.00 bits per heavy atom. The molecule has 0 aliphatic carbocycles. The Bertz CT molecular complexity index is 337. The van der Waals surface area contributed by atoms with E-state index in [0.717, 1.165) is 5.56 Å². The zero-order chi connectivity index (χ0) is 12.0. The van der Waals surface area contributed by atoms with Crippen LogP contribution in [-0.4, -0.2) is 47.4 Å². The highest BCUT2D eigenvalue weighted by Gasteiger charge is 2.09. The average molecular weight is 226 g/mol. The summed E-state index contributed by atoms with van der Waals surface area (Å²) in [6, 6.07) is 0. The number of hydrogen-bond acceptors (Lipinski definition) is 4. The van der Waals surface area contributed by atoms with Gasteiger partial charge in [0.15, 0.2) is 0 Å². The third-order valence-electron chi connectivity index (χ3n) is 2.09. The lowest BCUT2D eigenvalue weighted by atomic mass is 10.3. The Balaban J connectivity index is 2.34. The first-order chi connectivity index (χ1) is 7.63. The maximum atomic E-state index is 11.6. The molecule has 0 fully saturated rings. The highest BCUT2D eigenvalue weighted by molar-refractivity contribution is 5.77. The summed E-state index contributed by atoms with van der Waals surface area (Å²) in [5, 5.41) is 4.04. The van der Waals surface area contributed by atoms with E-state index in [0.29, 0.717) is 19.7 Å². The van der Waals surface area contributed by atoms with Crippen molar-refractivity contribution in [2.75, 3.05) is 26.8 Å². The number of hydrogen-bond donors (Lipinski definition) is 1. The second-order valence-corrected chi connectivity index (χ2v) is 3.61. The maximum Gasteiger partial charge on any atom is 0.248 e. The van der Waals surface area contributed by atoms with Crippen LogP contribution in [0.15, 0.2) is 12.4 Å². The molecule has 0 aliphatic rings. The van der Waals surface area contributed by atoms with Gasteiger partial charge in [0.25, 0.3) is 0 Å². The molecule has 0 saturated carbocycles. The largest absolute Gasteiger partial charge is 0.370 e. The number of nitrogens with two attached hydrogens (primary N) is 1. The van der Waals surface area contributed by atoms with Gasteiger partial charge in [-0.2, -0.15) is 5.10 Å². The molecule has 16 heavy (non-hydrogen) atoms. The van der Waals surface area contributed by atoms with Crippen LogP contribution in [0.4, 0.5) is 0 Å². The van der Waals surface area contributed by atoms with Gasteiger partial charge in [0, 0.05) is 38.9 Å². The van der Waals surface area contributed by atoms with Gasteiger partial charge in [-0.25, -0.2) is 0 Å². The molecule has 1 rings (SSSR count). The third-order valence-corrected chi connectivity index (χ3v) is 2.09. The van der Waals surface area contributed by atoms with E-state index in [9.17, 15) is 4.79 Å². The molecule has 90 valence electrons. The number of aryl methyl sites for hydroxylation is 1. The van der Waals surface area contributed by atoms with E-state index in [1.165, 1.54) is 0 Å². The second kappa shape index (κ2) is 6.24. The minimum atomic E-state index is -0.0581. The van der Waals surface area contributed by atoms with Crippen molar-refractivity contribution in [1.29, 1.82) is 0 Å². The number of amides is 1. The number of nitrogens with zero attached hydrogens (tertiary/aromatic N) is 3. The van der Waals surface area contributed by atoms with Crippen LogP contribution in [0.1, 0.15) is 5.56 Å². The minimum Gasteiger partial charge on any atom is -0.370 e. The highest BCUT2D eigenvalue weighted by Crippen LogP contribution is 2.01. The van der Waals surface area contributed by atoms with Crippen LogP contribution in [0.2, 0.25) is 0 Å². The summed E-state index contributed by atoms with van der Waals surface area (Å²) >= 11 is 0. The molecule has 0 unspecified atom stereocenters. The lowest BCUT2D eigenvalue weighted by Gasteiger charge is -2.15. The fourth-order valence-corrected chi connectivity index (χ4v) is 1.27. The molecule has 0 bridgehead atoms. The van der Waals surface area contributed by atoms with Gasteiger partial charge in [0.05, 0.1) is 12.8 Å². The van der Waals surface area contributed by atoms with Crippen molar-refractivity contribution in [2.45, 2.75) is 6.54 Å². The summed E-state index contributed by atoms with van der Waals surface area (Å²) in [4.78, 5) is 13.2. The first-order valence-corrected chi connectivity index (χ1v) is 5.12. The van der Waals surface area contributed by atoms with Gasteiger partial charge in [0.1, 0.15) is 6.61 Å². The van der Waals surface area contributed by atoms with E-state index < -0.39 is 0 Å². The molecule has 1 heterocycles. The second-order valence-electron chi connectivity index (χ2n) is 3.61. The van der Waals surface area contributed by atoms with Gasteiger partial charge in [-0.05, 0) is 0 Å². The Labute approximate surface area is 95.0 Å². The van der Waals surface area contributed by atoms with Gasteiger partial charge in [-0.3, -0.25) is 9.48 Å². The standard InChI is InChI=1S/C10H18N4O2/c1-13(10(15)8-16-4-3-11)6-9-5-12-14(2)7-9/h5,7H,3-4,6,8,11H2,1-2H3. The van der Waals surface area contributed by atoms with Crippen LogP contribution in [0.25, 0.3) is 0 Å². The summed E-state index contributed by atoms with van der Waals surface area (Å²) in [7, 11) is 3.58. The molecule has 6 nitrogen and oxygen atoms in total. The van der Waals surface area contributed by atoms with Crippen molar-refractivity contribution < 1.29 is 9.53 Å². The van der Waals surface area contributed by atoms with Crippen LogP contribution < -0.4 is 5.73 Å². The number of carbonyl (C=O) groups excluding carboxylic acids is 1. The summed E-state index contributed by atoms with van der Waals surface area (Å²) < 4.78 is 6.78. The number of rotatable bonds is 6. The molecular formula is C10H18N4O2. The fourth-order valence-electron chi connectivity index (χ4n) is 1.27. The van der Waals surface area contributed by atoms with Crippen LogP contribution in [-0.2, 0) is 23.1 Å². The van der Waals surface area contributed by atoms with Gasteiger partial charge < -0.3 is 15.4 Å². The number of aromatic nitrogens is 2. The summed E-state index contributed by atoms with van der Waals surface area (Å²) in [6.45, 7) is 1.46. The van der Waals surface area contributed by atoms with Crippen molar-refractivity contribution in [2.24, 2.45) is 12.8 Å². The summed E-state index contributed by atoms with van der Waals surface area (Å²) in [6.07, 6.45) is 3.62. The topological polar surface area (TPSA) is 73.4 Å². The van der Waals surface area contributed by atoms with E-state index in [-0.39, 0.29) is 12.5 Å². The van der Waals surface area contributed by atoms with Gasteiger partial charge in [-0.1, -0.05) is 0 Å². The van der Waals surface area contributed by atoms with Gasteiger partial charge >= 0.3 is 0 Å². The van der Waals surface area contributed by atoms with E-state index >= 15 is 0 Å². The number of carbonyl (C=O) groups is 1. The van der Waals surface area contributed by atoms with Crippen molar-refractivity contribution in [3.8, 4) is 0 Å². The normalized spacial score (nSPS) is 10.4.